The molecule has 0 saturated heterocycles. The Morgan fingerprint density at radius 1 is 1.38 bits per heavy atom. The minimum Gasteiger partial charge on any atom is -0.497 e. The van der Waals surface area contributed by atoms with Crippen LogP contribution in [-0.4, -0.2) is 7.11 Å². The fourth-order valence-electron chi connectivity index (χ4n) is 1.54. The molecule has 0 aliphatic carbocycles. The Bertz CT molecular complexity index is 357. The first kappa shape index (κ1) is 13.9. The van der Waals surface area contributed by atoms with Crippen LogP contribution in [0.2, 0.25) is 5.02 Å². The number of ether oxygens (including phenoxy) is 1. The zero-order valence-corrected chi connectivity index (χ0v) is 12.5. The molecule has 90 valence electrons. The molecule has 0 radical (unpaired) electrons. The van der Waals surface area contributed by atoms with Gasteiger partial charge < -0.3 is 4.74 Å². The zero-order chi connectivity index (χ0) is 12.3. The SMILES string of the molecule is COc1ccc(C(Br)CC(C)(C)C)c(Cl)c1. The summed E-state index contributed by atoms with van der Waals surface area (Å²) in [6.07, 6.45) is 1.04. The molecule has 0 amide bonds. The monoisotopic (exact) mass is 304 g/mol. The molecule has 16 heavy (non-hydrogen) atoms. The highest BCUT2D eigenvalue weighted by Gasteiger charge is 2.19. The molecule has 1 nitrogen and oxygen atoms in total. The van der Waals surface area contributed by atoms with Gasteiger partial charge in [0, 0.05) is 9.85 Å². The molecule has 1 rings (SSSR count). The Labute approximate surface area is 111 Å². The van der Waals surface area contributed by atoms with E-state index >= 15 is 0 Å². The summed E-state index contributed by atoms with van der Waals surface area (Å²) in [5, 5.41) is 0.755. The summed E-state index contributed by atoms with van der Waals surface area (Å²) in [7, 11) is 1.64. The number of hydrogen-bond donors (Lipinski definition) is 0. The van der Waals surface area contributed by atoms with Crippen molar-refractivity contribution >= 4 is 27.5 Å². The fourth-order valence-corrected chi connectivity index (χ4v) is 3.34. The van der Waals surface area contributed by atoms with Gasteiger partial charge in [-0.15, -0.1) is 0 Å². The van der Waals surface area contributed by atoms with E-state index in [-0.39, 0.29) is 10.2 Å². The molecule has 0 aliphatic rings. The number of benzene rings is 1. The van der Waals surface area contributed by atoms with Crippen molar-refractivity contribution in [1.29, 1.82) is 0 Å². The molecule has 0 N–H and O–H groups in total. The van der Waals surface area contributed by atoms with Gasteiger partial charge in [-0.25, -0.2) is 0 Å². The lowest BCUT2D eigenvalue weighted by atomic mass is 9.88. The van der Waals surface area contributed by atoms with Crippen LogP contribution in [0, 0.1) is 5.41 Å². The summed E-state index contributed by atoms with van der Waals surface area (Å²) in [4.78, 5) is 0.283. The van der Waals surface area contributed by atoms with E-state index in [1.54, 1.807) is 7.11 Å². The maximum atomic E-state index is 6.22. The molecule has 0 aromatic heterocycles. The predicted molar refractivity (Wildman–Crippen MR) is 73.7 cm³/mol. The van der Waals surface area contributed by atoms with Crippen LogP contribution in [0.25, 0.3) is 0 Å². The van der Waals surface area contributed by atoms with Gasteiger partial charge >= 0.3 is 0 Å². The van der Waals surface area contributed by atoms with Crippen LogP contribution in [-0.2, 0) is 0 Å². The average Bonchev–Trinajstić information content (AvgIpc) is 2.14. The second-order valence-electron chi connectivity index (χ2n) is 5.12. The van der Waals surface area contributed by atoms with Crippen molar-refractivity contribution in [3.63, 3.8) is 0 Å². The van der Waals surface area contributed by atoms with Crippen molar-refractivity contribution in [2.24, 2.45) is 5.41 Å². The molecule has 0 bridgehead atoms. The van der Waals surface area contributed by atoms with Gasteiger partial charge in [-0.05, 0) is 29.5 Å². The van der Waals surface area contributed by atoms with E-state index in [0.717, 1.165) is 22.8 Å². The van der Waals surface area contributed by atoms with Crippen LogP contribution in [0.1, 0.15) is 37.6 Å². The Kier molecular flexibility index (Phi) is 4.69. The van der Waals surface area contributed by atoms with Crippen molar-refractivity contribution in [3.05, 3.63) is 28.8 Å². The Hall–Kier alpha value is -0.210. The van der Waals surface area contributed by atoms with Gasteiger partial charge in [-0.2, -0.15) is 0 Å². The van der Waals surface area contributed by atoms with Crippen LogP contribution in [0.3, 0.4) is 0 Å². The maximum Gasteiger partial charge on any atom is 0.120 e. The lowest BCUT2D eigenvalue weighted by Crippen LogP contribution is -2.08. The quantitative estimate of drug-likeness (QED) is 0.696. The van der Waals surface area contributed by atoms with Crippen molar-refractivity contribution < 1.29 is 4.74 Å². The van der Waals surface area contributed by atoms with Gasteiger partial charge in [0.15, 0.2) is 0 Å². The molecule has 3 heteroatoms. The minimum atomic E-state index is 0.275. The maximum absolute atomic E-state index is 6.22. The highest BCUT2D eigenvalue weighted by molar-refractivity contribution is 9.09. The normalized spacial score (nSPS) is 13.6. The predicted octanol–water partition coefficient (Wildman–Crippen LogP) is 5.22. The summed E-state index contributed by atoms with van der Waals surface area (Å²) in [6, 6.07) is 5.82. The van der Waals surface area contributed by atoms with E-state index in [9.17, 15) is 0 Å². The van der Waals surface area contributed by atoms with Crippen LogP contribution in [0.5, 0.6) is 5.75 Å². The lowest BCUT2D eigenvalue weighted by molar-refractivity contribution is 0.376. The van der Waals surface area contributed by atoms with Crippen molar-refractivity contribution in [1.82, 2.24) is 0 Å². The Morgan fingerprint density at radius 2 is 2.00 bits per heavy atom. The molecule has 0 fully saturated rings. The van der Waals surface area contributed by atoms with Crippen LogP contribution < -0.4 is 4.74 Å². The first-order chi connectivity index (χ1) is 7.33. The third kappa shape index (κ3) is 3.99. The summed E-state index contributed by atoms with van der Waals surface area (Å²) < 4.78 is 5.13. The Morgan fingerprint density at radius 3 is 2.44 bits per heavy atom. The minimum absolute atomic E-state index is 0.275. The molecule has 0 spiro atoms. The number of hydrogen-bond acceptors (Lipinski definition) is 1. The standard InChI is InChI=1S/C13H18BrClO/c1-13(2,3)8-11(14)10-6-5-9(16-4)7-12(10)15/h5-7,11H,8H2,1-4H3. The van der Waals surface area contributed by atoms with Crippen LogP contribution >= 0.6 is 27.5 Å². The molecular formula is C13H18BrClO. The van der Waals surface area contributed by atoms with Crippen LogP contribution in [0.4, 0.5) is 0 Å². The first-order valence-electron chi connectivity index (χ1n) is 5.31. The highest BCUT2D eigenvalue weighted by Crippen LogP contribution is 2.39. The Balaban J connectivity index is 2.88. The van der Waals surface area contributed by atoms with Gasteiger partial charge in [-0.1, -0.05) is 54.4 Å². The molecule has 0 aliphatic heterocycles. The van der Waals surface area contributed by atoms with Crippen molar-refractivity contribution in [3.8, 4) is 5.75 Å². The molecule has 1 unspecified atom stereocenters. The number of halogens is 2. The lowest BCUT2D eigenvalue weighted by Gasteiger charge is -2.23. The van der Waals surface area contributed by atoms with Gasteiger partial charge in [0.1, 0.15) is 5.75 Å². The molecular weight excluding hydrogens is 287 g/mol. The highest BCUT2D eigenvalue weighted by atomic mass is 79.9. The molecule has 1 atom stereocenters. The van der Waals surface area contributed by atoms with Gasteiger partial charge in [0.05, 0.1) is 7.11 Å². The molecule has 1 aromatic carbocycles. The molecule has 1 aromatic rings. The summed E-state index contributed by atoms with van der Waals surface area (Å²) in [6.45, 7) is 6.66. The van der Waals surface area contributed by atoms with E-state index < -0.39 is 0 Å². The number of rotatable bonds is 3. The summed E-state index contributed by atoms with van der Waals surface area (Å²) >= 11 is 9.92. The van der Waals surface area contributed by atoms with E-state index in [1.807, 2.05) is 18.2 Å². The van der Waals surface area contributed by atoms with Gasteiger partial charge in [0.25, 0.3) is 0 Å². The smallest absolute Gasteiger partial charge is 0.120 e. The molecule has 0 heterocycles. The van der Waals surface area contributed by atoms with E-state index in [0.29, 0.717) is 0 Å². The third-order valence-corrected chi connectivity index (χ3v) is 3.48. The number of alkyl halides is 1. The summed E-state index contributed by atoms with van der Waals surface area (Å²) in [5.74, 6) is 0.796. The second-order valence-corrected chi connectivity index (χ2v) is 6.63. The topological polar surface area (TPSA) is 9.23 Å². The fraction of sp³-hybridized carbons (Fsp3) is 0.538. The van der Waals surface area contributed by atoms with Gasteiger partial charge in [0.2, 0.25) is 0 Å². The van der Waals surface area contributed by atoms with Crippen LogP contribution in [0.15, 0.2) is 18.2 Å². The largest absolute Gasteiger partial charge is 0.497 e. The van der Waals surface area contributed by atoms with Crippen molar-refractivity contribution in [2.75, 3.05) is 7.11 Å². The van der Waals surface area contributed by atoms with E-state index in [4.69, 9.17) is 16.3 Å². The van der Waals surface area contributed by atoms with Gasteiger partial charge in [-0.3, -0.25) is 0 Å². The summed E-state index contributed by atoms with van der Waals surface area (Å²) in [5.41, 5.74) is 1.40. The zero-order valence-electron chi connectivity index (χ0n) is 10.2. The second kappa shape index (κ2) is 5.42. The van der Waals surface area contributed by atoms with E-state index in [2.05, 4.69) is 36.7 Å². The van der Waals surface area contributed by atoms with E-state index in [1.165, 1.54) is 0 Å². The number of methoxy groups -OCH3 is 1. The molecule has 0 saturated carbocycles. The first-order valence-corrected chi connectivity index (χ1v) is 6.60. The average molecular weight is 306 g/mol. The van der Waals surface area contributed by atoms with Crippen molar-refractivity contribution in [2.45, 2.75) is 32.0 Å². The third-order valence-electron chi connectivity index (χ3n) is 2.34.